The molecular weight excluding hydrogens is 486 g/mol. The second-order valence-corrected chi connectivity index (χ2v) is 11.2. The van der Waals surface area contributed by atoms with Gasteiger partial charge in [-0.1, -0.05) is 84.4 Å². The minimum Gasteiger partial charge on any atom is -0.299 e. The zero-order valence-electron chi connectivity index (χ0n) is 21.8. The number of aromatic nitrogens is 3. The molecule has 4 unspecified atom stereocenters. The average Bonchev–Trinajstić information content (AvgIpc) is 2.98. The summed E-state index contributed by atoms with van der Waals surface area (Å²) < 4.78 is 2.23. The van der Waals surface area contributed by atoms with Crippen LogP contribution in [0, 0.1) is 6.20 Å². The van der Waals surface area contributed by atoms with Gasteiger partial charge >= 0.3 is 0 Å². The number of hydrogen-bond donors (Lipinski definition) is 0. The van der Waals surface area contributed by atoms with Gasteiger partial charge in [0.1, 0.15) is 11.9 Å². The van der Waals surface area contributed by atoms with Crippen LogP contribution in [-0.4, -0.2) is 9.97 Å². The first-order valence-corrected chi connectivity index (χ1v) is 14.0. The van der Waals surface area contributed by atoms with Crippen molar-refractivity contribution in [3.05, 3.63) is 195 Å². The van der Waals surface area contributed by atoms with E-state index in [1.807, 2.05) is 0 Å². The highest BCUT2D eigenvalue weighted by molar-refractivity contribution is 5.52. The van der Waals surface area contributed by atoms with E-state index in [-0.39, 0.29) is 23.8 Å². The van der Waals surface area contributed by atoms with Crippen molar-refractivity contribution in [1.29, 1.82) is 0 Å². The van der Waals surface area contributed by atoms with Crippen molar-refractivity contribution in [3.8, 4) is 0 Å². The maximum Gasteiger partial charge on any atom is 0.204 e. The standard InChI is InChI=1S/C37H25N3/c1-7-23-19-25(9-1)35-26-10-3-12-28(21-26)37-33-17-5-16-32(39-33)36(31-15-4-14-30(35)38-31)27-11-2-8-24(20-27)34(23)29-13-6-18-40(37)22-29/h1-21,34-37H. The summed E-state index contributed by atoms with van der Waals surface area (Å²) in [5.74, 6) is -0.0235. The van der Waals surface area contributed by atoms with E-state index in [9.17, 15) is 0 Å². The summed E-state index contributed by atoms with van der Waals surface area (Å²) in [6, 6.07) is 44.5. The van der Waals surface area contributed by atoms with E-state index >= 15 is 0 Å². The fourth-order valence-corrected chi connectivity index (χ4v) is 7.14. The van der Waals surface area contributed by atoms with Crippen molar-refractivity contribution in [1.82, 2.24) is 9.97 Å². The van der Waals surface area contributed by atoms with E-state index in [0.717, 1.165) is 28.3 Å². The van der Waals surface area contributed by atoms with Crippen LogP contribution in [0.15, 0.2) is 128 Å². The van der Waals surface area contributed by atoms with Crippen LogP contribution in [0.3, 0.4) is 0 Å². The first-order valence-electron chi connectivity index (χ1n) is 14.0. The Kier molecular flexibility index (Phi) is 4.56. The van der Waals surface area contributed by atoms with Crippen LogP contribution in [-0.2, 0) is 0 Å². The summed E-state index contributed by atoms with van der Waals surface area (Å²) in [5, 5.41) is 0. The molecule has 4 aliphatic heterocycles. The van der Waals surface area contributed by atoms with Crippen LogP contribution in [0.1, 0.15) is 85.5 Å². The summed E-state index contributed by atoms with van der Waals surface area (Å²) in [6.07, 6.45) is 5.98. The molecule has 0 saturated carbocycles. The van der Waals surface area contributed by atoms with Crippen molar-refractivity contribution in [2.45, 2.75) is 23.8 Å². The fourth-order valence-electron chi connectivity index (χ4n) is 7.14. The molecule has 7 heterocycles. The third-order valence-electron chi connectivity index (χ3n) is 8.84. The highest BCUT2D eigenvalue weighted by Crippen LogP contribution is 2.42. The Bertz CT molecular complexity index is 1470. The monoisotopic (exact) mass is 511 g/mol. The number of nitrogens with zero attached hydrogens (tertiary/aromatic N) is 3. The molecule has 4 atom stereocenters. The lowest BCUT2D eigenvalue weighted by molar-refractivity contribution is -0.709. The van der Waals surface area contributed by atoms with Crippen molar-refractivity contribution >= 4 is 0 Å². The Morgan fingerprint density at radius 1 is 0.450 bits per heavy atom. The van der Waals surface area contributed by atoms with Gasteiger partial charge in [0.15, 0.2) is 0 Å². The van der Waals surface area contributed by atoms with Crippen molar-refractivity contribution in [2.24, 2.45) is 0 Å². The molecule has 0 aliphatic carbocycles. The molecule has 0 fully saturated rings. The Labute approximate surface area is 233 Å². The molecule has 0 N–H and O–H groups in total. The lowest BCUT2D eigenvalue weighted by Gasteiger charge is -2.30. The van der Waals surface area contributed by atoms with Gasteiger partial charge in [-0.2, -0.15) is 6.07 Å². The Morgan fingerprint density at radius 2 is 0.925 bits per heavy atom. The number of hydrogen-bond acceptors (Lipinski definition) is 2. The minimum absolute atomic E-state index is 0.0112. The van der Waals surface area contributed by atoms with Gasteiger partial charge in [0.2, 0.25) is 6.04 Å². The first-order chi connectivity index (χ1) is 19.8. The summed E-state index contributed by atoms with van der Waals surface area (Å²) in [7, 11) is 0. The van der Waals surface area contributed by atoms with Crippen LogP contribution in [0.5, 0.6) is 0 Å². The van der Waals surface area contributed by atoms with Crippen LogP contribution in [0.2, 0.25) is 0 Å². The molecule has 16 bridgehead atoms. The zero-order chi connectivity index (χ0) is 26.2. The number of benzene rings is 3. The first kappa shape index (κ1) is 22.0. The molecule has 0 spiro atoms. The molecule has 3 nitrogen and oxygen atoms in total. The predicted octanol–water partition coefficient (Wildman–Crippen LogP) is 6.68. The highest BCUT2D eigenvalue weighted by Gasteiger charge is 2.32. The van der Waals surface area contributed by atoms with E-state index < -0.39 is 0 Å². The minimum atomic E-state index is -0.108. The van der Waals surface area contributed by atoms with E-state index in [0.29, 0.717) is 0 Å². The molecular formula is C37H25N3. The maximum absolute atomic E-state index is 5.42. The van der Waals surface area contributed by atoms with E-state index in [2.05, 4.69) is 138 Å². The molecule has 6 aromatic rings. The molecule has 40 heavy (non-hydrogen) atoms. The van der Waals surface area contributed by atoms with Gasteiger partial charge in [-0.05, 0) is 58.1 Å². The SMILES string of the molecule is [c-]1c2ccc[n+]1C1c3cccc(c3)C3c4cccc(c4)C2c2cccc(c2)C(c2cccc3n2)c2cccc1n2. The molecule has 0 saturated heterocycles. The van der Waals surface area contributed by atoms with Crippen LogP contribution in [0.4, 0.5) is 0 Å². The number of pyridine rings is 3. The summed E-state index contributed by atoms with van der Waals surface area (Å²) in [6.45, 7) is 0. The molecule has 3 heteroatoms. The summed E-state index contributed by atoms with van der Waals surface area (Å²) in [5.41, 5.74) is 12.7. The Morgan fingerprint density at radius 3 is 1.60 bits per heavy atom. The number of rotatable bonds is 0. The van der Waals surface area contributed by atoms with Gasteiger partial charge in [0.05, 0.1) is 35.1 Å². The van der Waals surface area contributed by atoms with Crippen LogP contribution in [0.25, 0.3) is 0 Å². The van der Waals surface area contributed by atoms with Crippen LogP contribution < -0.4 is 4.57 Å². The largest absolute Gasteiger partial charge is 0.299 e. The van der Waals surface area contributed by atoms with Gasteiger partial charge in [-0.25, -0.2) is 4.98 Å². The average molecular weight is 512 g/mol. The van der Waals surface area contributed by atoms with Gasteiger partial charge < -0.3 is 0 Å². The molecule has 3 aromatic heterocycles. The Balaban J connectivity index is 1.54. The Hall–Kier alpha value is -4.89. The highest BCUT2D eigenvalue weighted by atomic mass is 15.0. The van der Waals surface area contributed by atoms with E-state index in [4.69, 9.17) is 9.97 Å². The van der Waals surface area contributed by atoms with Gasteiger partial charge in [0.25, 0.3) is 0 Å². The molecule has 10 rings (SSSR count). The van der Waals surface area contributed by atoms with Crippen molar-refractivity contribution in [3.63, 3.8) is 0 Å². The lowest BCUT2D eigenvalue weighted by Crippen LogP contribution is -2.42. The smallest absolute Gasteiger partial charge is 0.204 e. The van der Waals surface area contributed by atoms with Crippen molar-refractivity contribution in [2.75, 3.05) is 0 Å². The second kappa shape index (κ2) is 8.30. The van der Waals surface area contributed by atoms with E-state index in [1.165, 1.54) is 33.4 Å². The molecule has 3 aromatic carbocycles. The third-order valence-corrected chi connectivity index (χ3v) is 8.84. The summed E-state index contributed by atoms with van der Waals surface area (Å²) in [4.78, 5) is 10.8. The molecule has 188 valence electrons. The van der Waals surface area contributed by atoms with Crippen LogP contribution >= 0.6 is 0 Å². The van der Waals surface area contributed by atoms with E-state index in [1.54, 1.807) is 0 Å². The molecule has 0 radical (unpaired) electrons. The predicted molar refractivity (Wildman–Crippen MR) is 153 cm³/mol. The second-order valence-electron chi connectivity index (χ2n) is 11.2. The van der Waals surface area contributed by atoms with Gasteiger partial charge in [0, 0.05) is 11.5 Å². The van der Waals surface area contributed by atoms with Gasteiger partial charge in [-0.15, -0.1) is 6.07 Å². The van der Waals surface area contributed by atoms with Gasteiger partial charge in [-0.3, -0.25) is 9.55 Å². The maximum atomic E-state index is 5.42. The van der Waals surface area contributed by atoms with Crippen molar-refractivity contribution < 1.29 is 4.57 Å². The third kappa shape index (κ3) is 3.21. The molecule has 4 aliphatic rings. The topological polar surface area (TPSA) is 29.7 Å². The zero-order valence-corrected chi connectivity index (χ0v) is 21.8. The summed E-state index contributed by atoms with van der Waals surface area (Å²) >= 11 is 0. The quantitative estimate of drug-likeness (QED) is 0.168. The lowest BCUT2D eigenvalue weighted by atomic mass is 9.78. The fraction of sp³-hybridized carbons (Fsp3) is 0.108. The molecule has 0 amide bonds. The normalized spacial score (nSPS) is 21.0.